The van der Waals surface area contributed by atoms with Crippen molar-refractivity contribution in [3.63, 3.8) is 0 Å². The average Bonchev–Trinajstić information content (AvgIpc) is 2.18. The van der Waals surface area contributed by atoms with Gasteiger partial charge in [0.15, 0.2) is 0 Å². The Balaban J connectivity index is 2.85. The first-order chi connectivity index (χ1) is 7.13. The van der Waals surface area contributed by atoms with E-state index in [9.17, 15) is 4.79 Å². The standard InChI is InChI=1S/C11H10BrNO2/c12-10-4-3-8(2-1-5-13)6-9(10)7-11(14)15/h3-4,6H,1-2,7H2,(H,14,15). The van der Waals surface area contributed by atoms with E-state index in [4.69, 9.17) is 10.4 Å². The number of carboxylic acid groups (broad SMARTS) is 1. The van der Waals surface area contributed by atoms with Gasteiger partial charge in [-0.1, -0.05) is 28.1 Å². The van der Waals surface area contributed by atoms with E-state index in [1.165, 1.54) is 0 Å². The van der Waals surface area contributed by atoms with Crippen LogP contribution in [0, 0.1) is 11.3 Å². The van der Waals surface area contributed by atoms with Crippen molar-refractivity contribution in [3.8, 4) is 6.07 Å². The highest BCUT2D eigenvalue weighted by molar-refractivity contribution is 9.10. The van der Waals surface area contributed by atoms with Gasteiger partial charge < -0.3 is 5.11 Å². The Labute approximate surface area is 96.5 Å². The minimum atomic E-state index is -0.854. The van der Waals surface area contributed by atoms with Crippen LogP contribution in [0.25, 0.3) is 0 Å². The lowest BCUT2D eigenvalue weighted by atomic mass is 10.1. The summed E-state index contributed by atoms with van der Waals surface area (Å²) in [5.41, 5.74) is 1.74. The molecule has 0 unspecified atom stereocenters. The van der Waals surface area contributed by atoms with Crippen molar-refractivity contribution in [1.29, 1.82) is 5.26 Å². The highest BCUT2D eigenvalue weighted by atomic mass is 79.9. The maximum Gasteiger partial charge on any atom is 0.307 e. The molecule has 1 rings (SSSR count). The Morgan fingerprint density at radius 2 is 2.27 bits per heavy atom. The fourth-order valence-corrected chi connectivity index (χ4v) is 1.67. The summed E-state index contributed by atoms with van der Waals surface area (Å²) in [6.45, 7) is 0. The zero-order chi connectivity index (χ0) is 11.3. The minimum Gasteiger partial charge on any atom is -0.481 e. The van der Waals surface area contributed by atoms with Gasteiger partial charge in [-0.25, -0.2) is 0 Å². The number of hydrogen-bond donors (Lipinski definition) is 1. The maximum atomic E-state index is 10.6. The van der Waals surface area contributed by atoms with Gasteiger partial charge in [-0.05, 0) is 23.6 Å². The average molecular weight is 268 g/mol. The van der Waals surface area contributed by atoms with Gasteiger partial charge in [0.1, 0.15) is 0 Å². The zero-order valence-electron chi connectivity index (χ0n) is 8.03. The van der Waals surface area contributed by atoms with Crippen molar-refractivity contribution in [2.75, 3.05) is 0 Å². The summed E-state index contributed by atoms with van der Waals surface area (Å²) >= 11 is 3.30. The molecular weight excluding hydrogens is 258 g/mol. The van der Waals surface area contributed by atoms with Gasteiger partial charge >= 0.3 is 5.97 Å². The number of halogens is 1. The number of benzene rings is 1. The van der Waals surface area contributed by atoms with Crippen LogP contribution in [0.5, 0.6) is 0 Å². The molecule has 1 aromatic rings. The van der Waals surface area contributed by atoms with Crippen LogP contribution in [0.1, 0.15) is 17.5 Å². The van der Waals surface area contributed by atoms with Gasteiger partial charge in [0.05, 0.1) is 12.5 Å². The first-order valence-corrected chi connectivity index (χ1v) is 5.29. The Kier molecular flexibility index (Phi) is 4.32. The fraction of sp³-hybridized carbons (Fsp3) is 0.273. The van der Waals surface area contributed by atoms with Crippen molar-refractivity contribution in [2.45, 2.75) is 19.3 Å². The monoisotopic (exact) mass is 267 g/mol. The van der Waals surface area contributed by atoms with Crippen molar-refractivity contribution in [2.24, 2.45) is 0 Å². The molecule has 3 nitrogen and oxygen atoms in total. The number of nitrogens with zero attached hydrogens (tertiary/aromatic N) is 1. The second kappa shape index (κ2) is 5.52. The molecule has 0 fully saturated rings. The van der Waals surface area contributed by atoms with E-state index in [1.54, 1.807) is 0 Å². The van der Waals surface area contributed by atoms with Crippen LogP contribution < -0.4 is 0 Å². The summed E-state index contributed by atoms with van der Waals surface area (Å²) in [6.07, 6.45) is 1.12. The molecule has 15 heavy (non-hydrogen) atoms. The van der Waals surface area contributed by atoms with Crippen LogP contribution in [-0.4, -0.2) is 11.1 Å². The molecule has 0 amide bonds. The van der Waals surface area contributed by atoms with Crippen molar-refractivity contribution in [3.05, 3.63) is 33.8 Å². The van der Waals surface area contributed by atoms with Crippen LogP contribution >= 0.6 is 15.9 Å². The van der Waals surface area contributed by atoms with E-state index in [0.29, 0.717) is 12.8 Å². The third-order valence-corrected chi connectivity index (χ3v) is 2.75. The molecule has 0 saturated heterocycles. The summed E-state index contributed by atoms with van der Waals surface area (Å²) in [4.78, 5) is 10.6. The highest BCUT2D eigenvalue weighted by Crippen LogP contribution is 2.19. The van der Waals surface area contributed by atoms with E-state index in [2.05, 4.69) is 22.0 Å². The SMILES string of the molecule is N#CCCc1ccc(Br)c(CC(=O)O)c1. The summed E-state index contributed by atoms with van der Waals surface area (Å²) in [7, 11) is 0. The molecule has 1 N–H and O–H groups in total. The Bertz CT molecular complexity index is 410. The van der Waals surface area contributed by atoms with Gasteiger partial charge in [0.2, 0.25) is 0 Å². The first kappa shape index (κ1) is 11.7. The van der Waals surface area contributed by atoms with E-state index in [1.807, 2.05) is 18.2 Å². The normalized spacial score (nSPS) is 9.60. The predicted molar refractivity (Wildman–Crippen MR) is 59.4 cm³/mol. The van der Waals surface area contributed by atoms with E-state index in [0.717, 1.165) is 15.6 Å². The molecule has 0 aromatic heterocycles. The molecule has 0 radical (unpaired) electrons. The van der Waals surface area contributed by atoms with Crippen molar-refractivity contribution >= 4 is 21.9 Å². The highest BCUT2D eigenvalue weighted by Gasteiger charge is 2.06. The molecule has 0 heterocycles. The van der Waals surface area contributed by atoms with Gasteiger partial charge in [0, 0.05) is 10.9 Å². The molecule has 0 aliphatic carbocycles. The van der Waals surface area contributed by atoms with Crippen LogP contribution in [-0.2, 0) is 17.6 Å². The van der Waals surface area contributed by atoms with Gasteiger partial charge in [-0.3, -0.25) is 4.79 Å². The molecule has 0 spiro atoms. The quantitative estimate of drug-likeness (QED) is 0.912. The van der Waals surface area contributed by atoms with Crippen molar-refractivity contribution < 1.29 is 9.90 Å². The molecular formula is C11H10BrNO2. The van der Waals surface area contributed by atoms with Crippen LogP contribution in [0.3, 0.4) is 0 Å². The Hall–Kier alpha value is -1.34. The third-order valence-electron chi connectivity index (χ3n) is 1.98. The van der Waals surface area contributed by atoms with Crippen LogP contribution in [0.4, 0.5) is 0 Å². The summed E-state index contributed by atoms with van der Waals surface area (Å²) < 4.78 is 0.797. The summed E-state index contributed by atoms with van der Waals surface area (Å²) in [6, 6.07) is 7.61. The molecule has 0 atom stereocenters. The van der Waals surface area contributed by atoms with Gasteiger partial charge in [-0.2, -0.15) is 5.26 Å². The summed E-state index contributed by atoms with van der Waals surface area (Å²) in [5.74, 6) is -0.854. The Morgan fingerprint density at radius 3 is 2.87 bits per heavy atom. The molecule has 0 aliphatic rings. The minimum absolute atomic E-state index is 0.000969. The van der Waals surface area contributed by atoms with Gasteiger partial charge in [-0.15, -0.1) is 0 Å². The van der Waals surface area contributed by atoms with E-state index < -0.39 is 5.97 Å². The number of hydrogen-bond acceptors (Lipinski definition) is 2. The molecule has 78 valence electrons. The predicted octanol–water partition coefficient (Wildman–Crippen LogP) is 2.53. The number of carboxylic acids is 1. The lowest BCUT2D eigenvalue weighted by Gasteiger charge is -2.04. The van der Waals surface area contributed by atoms with Crippen molar-refractivity contribution in [1.82, 2.24) is 0 Å². The molecule has 1 aromatic carbocycles. The second-order valence-electron chi connectivity index (χ2n) is 3.15. The molecule has 0 bridgehead atoms. The van der Waals surface area contributed by atoms with Crippen LogP contribution in [0.2, 0.25) is 0 Å². The lowest BCUT2D eigenvalue weighted by molar-refractivity contribution is -0.136. The van der Waals surface area contributed by atoms with Gasteiger partial charge in [0.25, 0.3) is 0 Å². The zero-order valence-corrected chi connectivity index (χ0v) is 9.62. The number of carbonyl (C=O) groups is 1. The first-order valence-electron chi connectivity index (χ1n) is 4.49. The van der Waals surface area contributed by atoms with E-state index >= 15 is 0 Å². The molecule has 0 saturated carbocycles. The number of rotatable bonds is 4. The molecule has 0 aliphatic heterocycles. The Morgan fingerprint density at radius 1 is 1.53 bits per heavy atom. The second-order valence-corrected chi connectivity index (χ2v) is 4.01. The fourth-order valence-electron chi connectivity index (χ4n) is 1.28. The largest absolute Gasteiger partial charge is 0.481 e. The number of aliphatic carboxylic acids is 1. The van der Waals surface area contributed by atoms with E-state index in [-0.39, 0.29) is 6.42 Å². The topological polar surface area (TPSA) is 61.1 Å². The third kappa shape index (κ3) is 3.72. The number of aryl methyl sites for hydroxylation is 1. The smallest absolute Gasteiger partial charge is 0.307 e. The maximum absolute atomic E-state index is 10.6. The lowest BCUT2D eigenvalue weighted by Crippen LogP contribution is -2.01. The molecule has 4 heteroatoms. The summed E-state index contributed by atoms with van der Waals surface area (Å²) in [5, 5.41) is 17.1. The van der Waals surface area contributed by atoms with Crippen LogP contribution in [0.15, 0.2) is 22.7 Å². The number of nitriles is 1.